The molecule has 0 spiro atoms. The predicted molar refractivity (Wildman–Crippen MR) is 63.1 cm³/mol. The Morgan fingerprint density at radius 1 is 1.50 bits per heavy atom. The molecule has 0 saturated carbocycles. The normalized spacial score (nSPS) is 13.1. The Bertz CT molecular complexity index is 600. The molecule has 3 rings (SSSR count). The lowest BCUT2D eigenvalue weighted by Gasteiger charge is -2.17. The molecule has 0 radical (unpaired) electrons. The Labute approximate surface area is 97.9 Å². The number of hydrogen-bond acceptors (Lipinski definition) is 3. The van der Waals surface area contributed by atoms with Gasteiger partial charge in [0.05, 0.1) is 7.11 Å². The third-order valence-electron chi connectivity index (χ3n) is 2.92. The summed E-state index contributed by atoms with van der Waals surface area (Å²) >= 11 is 5.18. The van der Waals surface area contributed by atoms with Crippen LogP contribution in [0.5, 0.6) is 5.75 Å². The lowest BCUT2D eigenvalue weighted by molar-refractivity contribution is 0.414. The van der Waals surface area contributed by atoms with E-state index in [-0.39, 0.29) is 0 Å². The summed E-state index contributed by atoms with van der Waals surface area (Å²) in [6.45, 7) is 0.893. The maximum atomic E-state index is 5.23. The van der Waals surface area contributed by atoms with Crippen molar-refractivity contribution in [1.82, 2.24) is 14.8 Å². The molecule has 0 aliphatic carbocycles. The highest BCUT2D eigenvalue weighted by atomic mass is 32.1. The van der Waals surface area contributed by atoms with Crippen molar-refractivity contribution in [1.29, 1.82) is 0 Å². The fourth-order valence-electron chi connectivity index (χ4n) is 2.07. The van der Waals surface area contributed by atoms with Crippen LogP contribution in [0.1, 0.15) is 5.56 Å². The standard InChI is InChI=1S/C11H11N3OS/c1-15-8-3-2-7-4-5-14-10(9(7)6-8)12-13-11(14)16/h2-3,6H,4-5H2,1H3,(H,13,16). The van der Waals surface area contributed by atoms with E-state index < -0.39 is 0 Å². The largest absolute Gasteiger partial charge is 0.497 e. The van der Waals surface area contributed by atoms with Crippen LogP contribution < -0.4 is 4.74 Å². The molecule has 1 aliphatic heterocycles. The zero-order valence-corrected chi connectivity index (χ0v) is 9.67. The number of rotatable bonds is 1. The molecule has 5 heteroatoms. The van der Waals surface area contributed by atoms with Gasteiger partial charge in [0.15, 0.2) is 10.6 Å². The van der Waals surface area contributed by atoms with E-state index >= 15 is 0 Å². The summed E-state index contributed by atoms with van der Waals surface area (Å²) in [5.41, 5.74) is 2.40. The van der Waals surface area contributed by atoms with Gasteiger partial charge < -0.3 is 4.74 Å². The molecule has 1 aromatic carbocycles. The van der Waals surface area contributed by atoms with E-state index in [9.17, 15) is 0 Å². The molecular weight excluding hydrogens is 222 g/mol. The third kappa shape index (κ3) is 1.28. The van der Waals surface area contributed by atoms with Crippen molar-refractivity contribution >= 4 is 12.2 Å². The molecular formula is C11H11N3OS. The summed E-state index contributed by atoms with van der Waals surface area (Å²) in [4.78, 5) is 0. The number of methoxy groups -OCH3 is 1. The van der Waals surface area contributed by atoms with Crippen LogP contribution in [0.3, 0.4) is 0 Å². The third-order valence-corrected chi connectivity index (χ3v) is 3.23. The van der Waals surface area contributed by atoms with Gasteiger partial charge in [-0.15, -0.1) is 0 Å². The minimum atomic E-state index is 0.684. The Balaban J connectivity index is 2.25. The minimum absolute atomic E-state index is 0.684. The highest BCUT2D eigenvalue weighted by Crippen LogP contribution is 2.30. The van der Waals surface area contributed by atoms with Gasteiger partial charge >= 0.3 is 0 Å². The molecule has 4 nitrogen and oxygen atoms in total. The number of nitrogens with zero attached hydrogens (tertiary/aromatic N) is 2. The minimum Gasteiger partial charge on any atom is -0.497 e. The monoisotopic (exact) mass is 233 g/mol. The van der Waals surface area contributed by atoms with Crippen molar-refractivity contribution in [3.8, 4) is 17.1 Å². The molecule has 0 fully saturated rings. The Kier molecular flexibility index (Phi) is 2.07. The van der Waals surface area contributed by atoms with E-state index in [1.165, 1.54) is 5.56 Å². The smallest absolute Gasteiger partial charge is 0.195 e. The van der Waals surface area contributed by atoms with E-state index in [1.54, 1.807) is 7.11 Å². The molecule has 0 amide bonds. The zero-order valence-electron chi connectivity index (χ0n) is 8.86. The average Bonchev–Trinajstić information content (AvgIpc) is 2.71. The first kappa shape index (κ1) is 9.59. The Morgan fingerprint density at radius 3 is 3.19 bits per heavy atom. The van der Waals surface area contributed by atoms with Gasteiger partial charge in [0, 0.05) is 12.1 Å². The number of aryl methyl sites for hydroxylation is 1. The van der Waals surface area contributed by atoms with Crippen LogP contribution in [-0.4, -0.2) is 21.9 Å². The van der Waals surface area contributed by atoms with Gasteiger partial charge in [-0.25, -0.2) is 0 Å². The SMILES string of the molecule is COc1ccc2c(c1)-c1n[nH]c(=S)n1CC2. The molecule has 2 aromatic rings. The summed E-state index contributed by atoms with van der Waals surface area (Å²) in [6.07, 6.45) is 0.986. The first-order chi connectivity index (χ1) is 7.79. The van der Waals surface area contributed by atoms with Crippen LogP contribution in [0.2, 0.25) is 0 Å². The number of aromatic amines is 1. The number of H-pyrrole nitrogens is 1. The van der Waals surface area contributed by atoms with Gasteiger partial charge in [0.2, 0.25) is 0 Å². The van der Waals surface area contributed by atoms with Gasteiger partial charge in [0.25, 0.3) is 0 Å². The number of fused-ring (bicyclic) bond motifs is 3. The summed E-state index contributed by atoms with van der Waals surface area (Å²) in [5, 5.41) is 7.10. The van der Waals surface area contributed by atoms with Gasteiger partial charge in [-0.3, -0.25) is 9.67 Å². The zero-order chi connectivity index (χ0) is 11.1. The van der Waals surface area contributed by atoms with Crippen molar-refractivity contribution < 1.29 is 4.74 Å². The highest BCUT2D eigenvalue weighted by Gasteiger charge is 2.18. The molecule has 0 unspecified atom stereocenters. The number of benzene rings is 1. The maximum absolute atomic E-state index is 5.23. The number of aromatic nitrogens is 3. The van der Waals surface area contributed by atoms with Gasteiger partial charge in [-0.2, -0.15) is 5.10 Å². The van der Waals surface area contributed by atoms with Gasteiger partial charge in [0.1, 0.15) is 5.75 Å². The molecule has 0 atom stereocenters. The van der Waals surface area contributed by atoms with E-state index in [2.05, 4.69) is 16.3 Å². The molecule has 0 bridgehead atoms. The molecule has 1 N–H and O–H groups in total. The summed E-state index contributed by atoms with van der Waals surface area (Å²) in [6, 6.07) is 6.08. The van der Waals surface area contributed by atoms with Crippen LogP contribution in [0.25, 0.3) is 11.4 Å². The fraction of sp³-hybridized carbons (Fsp3) is 0.273. The Hall–Kier alpha value is -1.62. The first-order valence-electron chi connectivity index (χ1n) is 5.12. The number of hydrogen-bond donors (Lipinski definition) is 1. The van der Waals surface area contributed by atoms with E-state index in [4.69, 9.17) is 17.0 Å². The fourth-order valence-corrected chi connectivity index (χ4v) is 2.30. The molecule has 0 saturated heterocycles. The quantitative estimate of drug-likeness (QED) is 0.768. The van der Waals surface area contributed by atoms with E-state index in [0.717, 1.165) is 30.1 Å². The van der Waals surface area contributed by atoms with Crippen molar-refractivity contribution in [3.63, 3.8) is 0 Å². The van der Waals surface area contributed by atoms with Crippen molar-refractivity contribution in [2.24, 2.45) is 0 Å². The second-order valence-corrected chi connectivity index (χ2v) is 4.16. The average molecular weight is 233 g/mol. The topological polar surface area (TPSA) is 42.8 Å². The van der Waals surface area contributed by atoms with E-state index in [0.29, 0.717) is 4.77 Å². The maximum Gasteiger partial charge on any atom is 0.195 e. The summed E-state index contributed by atoms with van der Waals surface area (Å²) < 4.78 is 7.94. The highest BCUT2D eigenvalue weighted by molar-refractivity contribution is 7.71. The number of nitrogens with one attached hydrogen (secondary N) is 1. The number of ether oxygens (including phenoxy) is 1. The van der Waals surface area contributed by atoms with Crippen LogP contribution >= 0.6 is 12.2 Å². The van der Waals surface area contributed by atoms with Crippen LogP contribution in [0, 0.1) is 4.77 Å². The molecule has 16 heavy (non-hydrogen) atoms. The second-order valence-electron chi connectivity index (χ2n) is 3.78. The van der Waals surface area contributed by atoms with Crippen LogP contribution in [0.15, 0.2) is 18.2 Å². The lowest BCUT2D eigenvalue weighted by atomic mass is 10.0. The second kappa shape index (κ2) is 3.45. The first-order valence-corrected chi connectivity index (χ1v) is 5.53. The molecule has 2 heterocycles. The molecule has 82 valence electrons. The van der Waals surface area contributed by atoms with Crippen LogP contribution in [0.4, 0.5) is 0 Å². The summed E-state index contributed by atoms with van der Waals surface area (Å²) in [5.74, 6) is 1.76. The van der Waals surface area contributed by atoms with Crippen molar-refractivity contribution in [2.75, 3.05) is 7.11 Å². The van der Waals surface area contributed by atoms with Crippen molar-refractivity contribution in [3.05, 3.63) is 28.5 Å². The van der Waals surface area contributed by atoms with Gasteiger partial charge in [-0.05, 0) is 36.3 Å². The van der Waals surface area contributed by atoms with Crippen LogP contribution in [-0.2, 0) is 13.0 Å². The lowest BCUT2D eigenvalue weighted by Crippen LogP contribution is -2.11. The molecule has 1 aromatic heterocycles. The van der Waals surface area contributed by atoms with Crippen molar-refractivity contribution in [2.45, 2.75) is 13.0 Å². The Morgan fingerprint density at radius 2 is 2.38 bits per heavy atom. The van der Waals surface area contributed by atoms with E-state index in [1.807, 2.05) is 16.7 Å². The predicted octanol–water partition coefficient (Wildman–Crippen LogP) is 2.17. The summed E-state index contributed by atoms with van der Waals surface area (Å²) in [7, 11) is 1.67. The molecule has 1 aliphatic rings. The van der Waals surface area contributed by atoms with Gasteiger partial charge in [-0.1, -0.05) is 6.07 Å².